The van der Waals surface area contributed by atoms with E-state index < -0.39 is 16.1 Å². The van der Waals surface area contributed by atoms with Gasteiger partial charge in [-0.2, -0.15) is 4.31 Å². The Hall–Kier alpha value is -4.27. The van der Waals surface area contributed by atoms with Crippen molar-refractivity contribution in [3.05, 3.63) is 137 Å². The predicted octanol–water partition coefficient (Wildman–Crippen LogP) is 5.67. The molecule has 1 heterocycles. The molecule has 0 unspecified atom stereocenters. The molecule has 4 aromatic carbocycles. The van der Waals surface area contributed by atoms with Crippen LogP contribution in [-0.2, 0) is 45.5 Å². The van der Waals surface area contributed by atoms with Gasteiger partial charge in [-0.1, -0.05) is 103 Å². The van der Waals surface area contributed by atoms with Crippen LogP contribution in [0.4, 0.5) is 0 Å². The number of benzene rings is 4. The summed E-state index contributed by atoms with van der Waals surface area (Å²) in [5, 5.41) is 3.08. The van der Waals surface area contributed by atoms with Crippen LogP contribution >= 0.6 is 0 Å². The van der Waals surface area contributed by atoms with Crippen molar-refractivity contribution < 1.29 is 18.0 Å². The van der Waals surface area contributed by atoms with Gasteiger partial charge in [0.2, 0.25) is 21.8 Å². The van der Waals surface area contributed by atoms with E-state index in [1.165, 1.54) is 4.31 Å². The van der Waals surface area contributed by atoms with Crippen LogP contribution in [0.1, 0.15) is 47.1 Å². The molecule has 0 aliphatic carbocycles. The molecule has 234 valence electrons. The average Bonchev–Trinajstić information content (AvgIpc) is 3.62. The summed E-state index contributed by atoms with van der Waals surface area (Å²) in [6.07, 6.45) is 2.75. The quantitative estimate of drug-likeness (QED) is 0.208. The maximum atomic E-state index is 14.0. The van der Waals surface area contributed by atoms with Crippen molar-refractivity contribution in [1.82, 2.24) is 14.5 Å². The highest BCUT2D eigenvalue weighted by atomic mass is 32.2. The summed E-state index contributed by atoms with van der Waals surface area (Å²) < 4.78 is 27.4. The Balaban J connectivity index is 1.35. The predicted molar refractivity (Wildman–Crippen MR) is 177 cm³/mol. The lowest BCUT2D eigenvalue weighted by Crippen LogP contribution is -2.50. The number of hydrogen-bond donors (Lipinski definition) is 1. The normalized spacial score (nSPS) is 14.2. The largest absolute Gasteiger partial charge is 0.350 e. The van der Waals surface area contributed by atoms with Crippen LogP contribution in [0.25, 0.3) is 0 Å². The van der Waals surface area contributed by atoms with Crippen LogP contribution in [-0.4, -0.2) is 48.6 Å². The van der Waals surface area contributed by atoms with Gasteiger partial charge in [0.1, 0.15) is 6.04 Å². The molecule has 45 heavy (non-hydrogen) atoms. The van der Waals surface area contributed by atoms with Gasteiger partial charge in [0.25, 0.3) is 0 Å². The van der Waals surface area contributed by atoms with E-state index in [4.69, 9.17) is 0 Å². The first-order valence-electron chi connectivity index (χ1n) is 15.6. The van der Waals surface area contributed by atoms with Crippen molar-refractivity contribution in [2.24, 2.45) is 0 Å². The zero-order chi connectivity index (χ0) is 31.6. The van der Waals surface area contributed by atoms with E-state index >= 15 is 0 Å². The van der Waals surface area contributed by atoms with Crippen molar-refractivity contribution in [1.29, 1.82) is 0 Å². The Labute approximate surface area is 266 Å². The zero-order valence-electron chi connectivity index (χ0n) is 25.8. The van der Waals surface area contributed by atoms with Gasteiger partial charge in [-0.3, -0.25) is 9.59 Å². The standard InChI is InChI=1S/C37H41N3O4S/c1-29-14-16-32(17-15-29)27-38-37(42)35(26-31-10-4-2-5-11-31)40(28-33-12-6-3-7-13-33)36(41)23-20-30-18-21-34(22-19-30)45(43,44)39-24-8-9-25-39/h2-7,10-19,21-22,35H,8-9,20,23-28H2,1H3,(H,38,42)/t35-/m0/s1. The van der Waals surface area contributed by atoms with Gasteiger partial charge < -0.3 is 10.2 Å². The van der Waals surface area contributed by atoms with Gasteiger partial charge >= 0.3 is 0 Å². The van der Waals surface area contributed by atoms with Gasteiger partial charge in [-0.05, 0) is 60.6 Å². The number of nitrogens with one attached hydrogen (secondary N) is 1. The highest BCUT2D eigenvalue weighted by Crippen LogP contribution is 2.22. The lowest BCUT2D eigenvalue weighted by molar-refractivity contribution is -0.141. The average molecular weight is 624 g/mol. The summed E-state index contributed by atoms with van der Waals surface area (Å²) in [4.78, 5) is 29.9. The van der Waals surface area contributed by atoms with Gasteiger partial charge in [0.15, 0.2) is 0 Å². The van der Waals surface area contributed by atoms with Crippen LogP contribution in [0.15, 0.2) is 114 Å². The molecule has 4 aromatic rings. The number of aryl methyl sites for hydroxylation is 2. The summed E-state index contributed by atoms with van der Waals surface area (Å²) in [5.74, 6) is -0.348. The van der Waals surface area contributed by atoms with Crippen LogP contribution in [0.5, 0.6) is 0 Å². The van der Waals surface area contributed by atoms with Gasteiger partial charge in [-0.15, -0.1) is 0 Å². The summed E-state index contributed by atoms with van der Waals surface area (Å²) >= 11 is 0. The molecular weight excluding hydrogens is 582 g/mol. The monoisotopic (exact) mass is 623 g/mol. The highest BCUT2D eigenvalue weighted by molar-refractivity contribution is 7.89. The molecule has 1 atom stereocenters. The molecule has 5 rings (SSSR count). The van der Waals surface area contributed by atoms with Gasteiger partial charge in [0, 0.05) is 39.0 Å². The smallest absolute Gasteiger partial charge is 0.243 e. The van der Waals surface area contributed by atoms with E-state index in [2.05, 4.69) is 5.32 Å². The van der Waals surface area contributed by atoms with Crippen molar-refractivity contribution in [2.45, 2.75) is 63.1 Å². The number of sulfonamides is 1. The number of nitrogens with zero attached hydrogens (tertiary/aromatic N) is 2. The fourth-order valence-electron chi connectivity index (χ4n) is 5.65. The lowest BCUT2D eigenvalue weighted by atomic mass is 10.0. The molecule has 2 amide bonds. The maximum Gasteiger partial charge on any atom is 0.243 e. The molecule has 1 N–H and O–H groups in total. The third-order valence-corrected chi connectivity index (χ3v) is 10.2. The molecule has 0 spiro atoms. The number of carbonyl (C=O) groups is 2. The van der Waals surface area contributed by atoms with Crippen LogP contribution in [0.2, 0.25) is 0 Å². The SMILES string of the molecule is Cc1ccc(CNC(=O)[C@H](Cc2ccccc2)N(Cc2ccccc2)C(=O)CCc2ccc(S(=O)(=O)N3CCCC3)cc2)cc1. The summed E-state index contributed by atoms with van der Waals surface area (Å²) in [6.45, 7) is 3.79. The number of hydrogen-bond acceptors (Lipinski definition) is 4. The molecule has 0 bridgehead atoms. The molecule has 0 aromatic heterocycles. The fourth-order valence-corrected chi connectivity index (χ4v) is 7.16. The number of amides is 2. The van der Waals surface area contributed by atoms with E-state index in [0.717, 1.165) is 40.7 Å². The van der Waals surface area contributed by atoms with Gasteiger partial charge in [0.05, 0.1) is 4.90 Å². The molecule has 0 radical (unpaired) electrons. The molecule has 7 nitrogen and oxygen atoms in total. The minimum absolute atomic E-state index is 0.140. The van der Waals surface area contributed by atoms with Crippen molar-refractivity contribution in [3.8, 4) is 0 Å². The zero-order valence-corrected chi connectivity index (χ0v) is 26.6. The Kier molecular flexibility index (Phi) is 10.8. The van der Waals surface area contributed by atoms with Crippen LogP contribution in [0.3, 0.4) is 0 Å². The second-order valence-electron chi connectivity index (χ2n) is 11.7. The molecule has 1 saturated heterocycles. The van der Waals surface area contributed by atoms with E-state index in [-0.39, 0.29) is 23.1 Å². The Bertz CT molecular complexity index is 1650. The minimum atomic E-state index is -3.50. The van der Waals surface area contributed by atoms with Crippen molar-refractivity contribution in [3.63, 3.8) is 0 Å². The molecule has 1 fully saturated rings. The van der Waals surface area contributed by atoms with Crippen LogP contribution in [0, 0.1) is 6.92 Å². The van der Waals surface area contributed by atoms with Gasteiger partial charge in [-0.25, -0.2) is 8.42 Å². The second kappa shape index (κ2) is 15.1. The van der Waals surface area contributed by atoms with Crippen molar-refractivity contribution >= 4 is 21.8 Å². The van der Waals surface area contributed by atoms with E-state index in [0.29, 0.717) is 39.0 Å². The first kappa shape index (κ1) is 32.1. The molecule has 1 aliphatic heterocycles. The third-order valence-electron chi connectivity index (χ3n) is 8.31. The molecule has 1 aliphatic rings. The summed E-state index contributed by atoms with van der Waals surface area (Å²) in [7, 11) is -3.50. The van der Waals surface area contributed by atoms with E-state index in [1.54, 1.807) is 29.2 Å². The third kappa shape index (κ3) is 8.68. The minimum Gasteiger partial charge on any atom is -0.350 e. The fraction of sp³-hybridized carbons (Fsp3) is 0.297. The lowest BCUT2D eigenvalue weighted by Gasteiger charge is -2.32. The Morgan fingerprint density at radius 2 is 1.33 bits per heavy atom. The maximum absolute atomic E-state index is 14.0. The topological polar surface area (TPSA) is 86.8 Å². The number of rotatable bonds is 13. The first-order valence-corrected chi connectivity index (χ1v) is 17.0. The second-order valence-corrected chi connectivity index (χ2v) is 13.6. The van der Waals surface area contributed by atoms with E-state index in [1.807, 2.05) is 91.9 Å². The molecular formula is C37H41N3O4S. The first-order chi connectivity index (χ1) is 21.8. The Morgan fingerprint density at radius 3 is 1.96 bits per heavy atom. The molecule has 8 heteroatoms. The van der Waals surface area contributed by atoms with Crippen LogP contribution < -0.4 is 5.32 Å². The number of carbonyl (C=O) groups excluding carboxylic acids is 2. The van der Waals surface area contributed by atoms with E-state index in [9.17, 15) is 18.0 Å². The molecule has 0 saturated carbocycles. The van der Waals surface area contributed by atoms with Crippen molar-refractivity contribution in [2.75, 3.05) is 13.1 Å². The highest BCUT2D eigenvalue weighted by Gasteiger charge is 2.30. The Morgan fingerprint density at radius 1 is 0.756 bits per heavy atom. The summed E-state index contributed by atoms with van der Waals surface area (Å²) in [5.41, 5.74) is 4.91. The summed E-state index contributed by atoms with van der Waals surface area (Å²) in [6, 6.07) is 33.6.